The Hall–Kier alpha value is -1.42. The minimum absolute atomic E-state index is 0.245. The van der Waals surface area contributed by atoms with Gasteiger partial charge in [-0.25, -0.2) is 9.18 Å². The number of alkyl halides is 1. The molecule has 2 atom stereocenters. The molecule has 0 fully saturated rings. The molecule has 1 aromatic carbocycles. The van der Waals surface area contributed by atoms with Crippen LogP contribution in [0, 0.1) is 0 Å². The van der Waals surface area contributed by atoms with Crippen molar-refractivity contribution in [2.75, 3.05) is 0 Å². The molecule has 0 bridgehead atoms. The van der Waals surface area contributed by atoms with Crippen molar-refractivity contribution in [3.05, 3.63) is 35.9 Å². The van der Waals surface area contributed by atoms with Gasteiger partial charge in [0.05, 0.1) is 0 Å². The second kappa shape index (κ2) is 3.75. The molecule has 0 amide bonds. The van der Waals surface area contributed by atoms with Crippen LogP contribution in [0.15, 0.2) is 30.3 Å². The summed E-state index contributed by atoms with van der Waals surface area (Å²) in [5.41, 5.74) is -1.75. The van der Waals surface area contributed by atoms with Crippen molar-refractivity contribution in [2.45, 2.75) is 18.7 Å². The molecular formula is C10H11FO3. The topological polar surface area (TPSA) is 57.5 Å². The van der Waals surface area contributed by atoms with E-state index in [9.17, 15) is 14.3 Å². The molecule has 0 aromatic heterocycles. The summed E-state index contributed by atoms with van der Waals surface area (Å²) in [5.74, 6) is -1.67. The van der Waals surface area contributed by atoms with Crippen LogP contribution >= 0.6 is 0 Å². The van der Waals surface area contributed by atoms with Crippen LogP contribution in [0.25, 0.3) is 0 Å². The predicted octanol–water partition coefficient (Wildman–Crippen LogP) is 1.32. The number of benzene rings is 1. The highest BCUT2D eigenvalue weighted by molar-refractivity contribution is 5.74. The molecule has 76 valence electrons. The van der Waals surface area contributed by atoms with Gasteiger partial charge in [0.2, 0.25) is 6.17 Å². The molecule has 0 unspecified atom stereocenters. The molecule has 1 rings (SSSR count). The number of carboxylic acid groups (broad SMARTS) is 1. The lowest BCUT2D eigenvalue weighted by Crippen LogP contribution is -2.39. The van der Waals surface area contributed by atoms with Crippen molar-refractivity contribution in [1.29, 1.82) is 0 Å². The van der Waals surface area contributed by atoms with Crippen LogP contribution in [0.3, 0.4) is 0 Å². The van der Waals surface area contributed by atoms with Crippen molar-refractivity contribution in [2.24, 2.45) is 0 Å². The standard InChI is InChI=1S/C10H11FO3/c1-10(14,8(11)9(12)13)7-5-3-2-4-6-7/h2-6,8,14H,1H3,(H,12,13)/t8-,10-/m0/s1. The van der Waals surface area contributed by atoms with E-state index in [0.29, 0.717) is 0 Å². The Morgan fingerprint density at radius 1 is 1.43 bits per heavy atom. The van der Waals surface area contributed by atoms with Gasteiger partial charge in [-0.15, -0.1) is 0 Å². The number of aliphatic carboxylic acids is 1. The van der Waals surface area contributed by atoms with E-state index < -0.39 is 17.7 Å². The van der Waals surface area contributed by atoms with Gasteiger partial charge in [-0.05, 0) is 12.5 Å². The van der Waals surface area contributed by atoms with E-state index in [1.54, 1.807) is 18.2 Å². The van der Waals surface area contributed by atoms with E-state index in [0.717, 1.165) is 6.92 Å². The summed E-state index contributed by atoms with van der Waals surface area (Å²) in [7, 11) is 0. The van der Waals surface area contributed by atoms with Gasteiger partial charge in [-0.1, -0.05) is 30.3 Å². The van der Waals surface area contributed by atoms with Gasteiger partial charge in [0.15, 0.2) is 0 Å². The van der Waals surface area contributed by atoms with Crippen LogP contribution in [-0.4, -0.2) is 22.4 Å². The van der Waals surface area contributed by atoms with E-state index in [4.69, 9.17) is 5.11 Å². The molecule has 0 saturated carbocycles. The summed E-state index contributed by atoms with van der Waals surface area (Å²) in [5, 5.41) is 18.1. The van der Waals surface area contributed by atoms with Crippen LogP contribution in [0.4, 0.5) is 4.39 Å². The minimum atomic E-state index is -2.33. The summed E-state index contributed by atoms with van der Waals surface area (Å²) in [4.78, 5) is 10.4. The summed E-state index contributed by atoms with van der Waals surface area (Å²) in [6, 6.07) is 7.88. The predicted molar refractivity (Wildman–Crippen MR) is 48.5 cm³/mol. The van der Waals surface area contributed by atoms with Gasteiger partial charge in [0.1, 0.15) is 5.60 Å². The Balaban J connectivity index is 3.02. The Kier molecular flexibility index (Phi) is 2.86. The van der Waals surface area contributed by atoms with Crippen LogP contribution in [-0.2, 0) is 10.4 Å². The van der Waals surface area contributed by atoms with Crippen LogP contribution in [0.2, 0.25) is 0 Å². The van der Waals surface area contributed by atoms with E-state index in [2.05, 4.69) is 0 Å². The van der Waals surface area contributed by atoms with Gasteiger partial charge >= 0.3 is 5.97 Å². The van der Waals surface area contributed by atoms with Crippen molar-refractivity contribution in [1.82, 2.24) is 0 Å². The smallest absolute Gasteiger partial charge is 0.341 e. The van der Waals surface area contributed by atoms with Crippen molar-refractivity contribution >= 4 is 5.97 Å². The Bertz CT molecular complexity index is 321. The SMILES string of the molecule is C[C@](O)(c1ccccc1)[C@@H](F)C(=O)O. The fourth-order valence-electron chi connectivity index (χ4n) is 1.16. The zero-order valence-electron chi connectivity index (χ0n) is 7.64. The summed E-state index contributed by atoms with van der Waals surface area (Å²) in [6.07, 6.45) is -2.33. The average molecular weight is 198 g/mol. The summed E-state index contributed by atoms with van der Waals surface area (Å²) in [6.45, 7) is 1.14. The largest absolute Gasteiger partial charge is 0.479 e. The first kappa shape index (κ1) is 10.7. The number of carboxylic acids is 1. The molecule has 1 aromatic rings. The third-order valence-electron chi connectivity index (χ3n) is 2.07. The van der Waals surface area contributed by atoms with E-state index in [-0.39, 0.29) is 5.56 Å². The molecule has 0 aliphatic carbocycles. The second-order valence-electron chi connectivity index (χ2n) is 3.21. The van der Waals surface area contributed by atoms with Crippen LogP contribution in [0.5, 0.6) is 0 Å². The summed E-state index contributed by atoms with van der Waals surface area (Å²) >= 11 is 0. The third-order valence-corrected chi connectivity index (χ3v) is 2.07. The lowest BCUT2D eigenvalue weighted by atomic mass is 9.91. The van der Waals surface area contributed by atoms with Crippen LogP contribution < -0.4 is 0 Å². The van der Waals surface area contributed by atoms with Gasteiger partial charge < -0.3 is 10.2 Å². The third kappa shape index (κ3) is 1.90. The molecule has 0 saturated heterocycles. The highest BCUT2D eigenvalue weighted by Gasteiger charge is 2.39. The van der Waals surface area contributed by atoms with E-state index >= 15 is 0 Å². The molecule has 0 aliphatic rings. The summed E-state index contributed by atoms with van der Waals surface area (Å²) < 4.78 is 13.1. The highest BCUT2D eigenvalue weighted by atomic mass is 19.1. The number of halogens is 1. The van der Waals surface area contributed by atoms with Crippen molar-refractivity contribution in [3.8, 4) is 0 Å². The Morgan fingerprint density at radius 2 is 1.93 bits per heavy atom. The van der Waals surface area contributed by atoms with Gasteiger partial charge in [0, 0.05) is 0 Å². The molecule has 14 heavy (non-hydrogen) atoms. The van der Waals surface area contributed by atoms with Gasteiger partial charge in [0.25, 0.3) is 0 Å². The first-order valence-electron chi connectivity index (χ1n) is 4.11. The zero-order chi connectivity index (χ0) is 10.8. The molecular weight excluding hydrogens is 187 g/mol. The quantitative estimate of drug-likeness (QED) is 0.770. The maximum Gasteiger partial charge on any atom is 0.341 e. The molecule has 0 aliphatic heterocycles. The average Bonchev–Trinajstić information content (AvgIpc) is 2.18. The number of aliphatic hydroxyl groups is 1. The molecule has 4 heteroatoms. The first-order chi connectivity index (χ1) is 6.46. The van der Waals surface area contributed by atoms with Crippen molar-refractivity contribution < 1.29 is 19.4 Å². The van der Waals surface area contributed by atoms with Crippen LogP contribution in [0.1, 0.15) is 12.5 Å². The lowest BCUT2D eigenvalue weighted by molar-refractivity contribution is -0.153. The second-order valence-corrected chi connectivity index (χ2v) is 3.21. The normalized spacial score (nSPS) is 17.1. The fourth-order valence-corrected chi connectivity index (χ4v) is 1.16. The minimum Gasteiger partial charge on any atom is -0.479 e. The van der Waals surface area contributed by atoms with E-state index in [1.165, 1.54) is 12.1 Å². The molecule has 2 N–H and O–H groups in total. The number of hydrogen-bond donors (Lipinski definition) is 2. The number of carbonyl (C=O) groups is 1. The van der Waals surface area contributed by atoms with E-state index in [1.807, 2.05) is 0 Å². The fraction of sp³-hybridized carbons (Fsp3) is 0.300. The lowest BCUT2D eigenvalue weighted by Gasteiger charge is -2.24. The molecule has 0 spiro atoms. The van der Waals surface area contributed by atoms with Gasteiger partial charge in [-0.3, -0.25) is 0 Å². The highest BCUT2D eigenvalue weighted by Crippen LogP contribution is 2.26. The monoisotopic (exact) mass is 198 g/mol. The molecule has 0 radical (unpaired) electrons. The maximum absolute atomic E-state index is 13.1. The zero-order valence-corrected chi connectivity index (χ0v) is 7.64. The van der Waals surface area contributed by atoms with Gasteiger partial charge in [-0.2, -0.15) is 0 Å². The number of rotatable bonds is 3. The van der Waals surface area contributed by atoms with Crippen molar-refractivity contribution in [3.63, 3.8) is 0 Å². The Labute approximate surface area is 80.8 Å². The maximum atomic E-state index is 13.1. The number of hydrogen-bond acceptors (Lipinski definition) is 2. The molecule has 0 heterocycles. The molecule has 3 nitrogen and oxygen atoms in total. The Morgan fingerprint density at radius 3 is 2.36 bits per heavy atom. The first-order valence-corrected chi connectivity index (χ1v) is 4.11.